The van der Waals surface area contributed by atoms with Crippen molar-refractivity contribution in [2.24, 2.45) is 11.7 Å². The van der Waals surface area contributed by atoms with E-state index in [0.717, 1.165) is 51.6 Å². The zero-order chi connectivity index (χ0) is 15.8. The van der Waals surface area contributed by atoms with Crippen molar-refractivity contribution < 1.29 is 4.79 Å². The van der Waals surface area contributed by atoms with Crippen molar-refractivity contribution in [3.05, 3.63) is 35.9 Å². The van der Waals surface area contributed by atoms with E-state index in [1.165, 1.54) is 5.56 Å². The SMILES string of the molecule is CC1C(Cc2ccccc2)CCN1C(=O)CCCCCCN. The van der Waals surface area contributed by atoms with Crippen molar-refractivity contribution >= 4 is 5.91 Å². The normalized spacial score (nSPS) is 21.3. The van der Waals surface area contributed by atoms with Gasteiger partial charge in [0.25, 0.3) is 0 Å². The van der Waals surface area contributed by atoms with Gasteiger partial charge in [-0.25, -0.2) is 0 Å². The lowest BCUT2D eigenvalue weighted by Crippen LogP contribution is -2.36. The number of nitrogens with two attached hydrogens (primary N) is 1. The molecule has 1 saturated heterocycles. The molecule has 2 N–H and O–H groups in total. The Morgan fingerprint density at radius 2 is 1.91 bits per heavy atom. The lowest BCUT2D eigenvalue weighted by Gasteiger charge is -2.25. The van der Waals surface area contributed by atoms with E-state index >= 15 is 0 Å². The third kappa shape index (κ3) is 4.84. The van der Waals surface area contributed by atoms with E-state index in [9.17, 15) is 4.79 Å². The van der Waals surface area contributed by atoms with Crippen LogP contribution in [0, 0.1) is 5.92 Å². The Labute approximate surface area is 134 Å². The van der Waals surface area contributed by atoms with Crippen molar-refractivity contribution in [2.45, 2.75) is 57.9 Å². The molecule has 2 unspecified atom stereocenters. The zero-order valence-electron chi connectivity index (χ0n) is 13.8. The summed E-state index contributed by atoms with van der Waals surface area (Å²) in [6, 6.07) is 11.0. The Kier molecular flexibility index (Phi) is 6.91. The smallest absolute Gasteiger partial charge is 0.222 e. The van der Waals surface area contributed by atoms with Crippen LogP contribution in [0.1, 0.15) is 51.0 Å². The first-order valence-electron chi connectivity index (χ1n) is 8.76. The fourth-order valence-electron chi connectivity index (χ4n) is 3.46. The average molecular weight is 302 g/mol. The number of hydrogen-bond acceptors (Lipinski definition) is 2. The monoisotopic (exact) mass is 302 g/mol. The fourth-order valence-corrected chi connectivity index (χ4v) is 3.46. The summed E-state index contributed by atoms with van der Waals surface area (Å²) in [4.78, 5) is 14.5. The third-order valence-corrected chi connectivity index (χ3v) is 4.92. The van der Waals surface area contributed by atoms with Crippen molar-refractivity contribution in [2.75, 3.05) is 13.1 Å². The summed E-state index contributed by atoms with van der Waals surface area (Å²) in [6.07, 6.45) is 7.28. The number of unbranched alkanes of at least 4 members (excludes halogenated alkanes) is 3. The van der Waals surface area contributed by atoms with E-state index in [2.05, 4.69) is 42.2 Å². The Morgan fingerprint density at radius 3 is 2.64 bits per heavy atom. The third-order valence-electron chi connectivity index (χ3n) is 4.92. The molecule has 0 radical (unpaired) electrons. The summed E-state index contributed by atoms with van der Waals surface area (Å²) in [7, 11) is 0. The number of hydrogen-bond donors (Lipinski definition) is 1. The number of nitrogens with zero attached hydrogens (tertiary/aromatic N) is 1. The predicted molar refractivity (Wildman–Crippen MR) is 91.6 cm³/mol. The lowest BCUT2D eigenvalue weighted by molar-refractivity contribution is -0.132. The quantitative estimate of drug-likeness (QED) is 0.748. The molecule has 3 nitrogen and oxygen atoms in total. The minimum absolute atomic E-state index is 0.343. The minimum Gasteiger partial charge on any atom is -0.340 e. The molecule has 1 amide bonds. The molecule has 2 rings (SSSR count). The van der Waals surface area contributed by atoms with E-state index in [4.69, 9.17) is 5.73 Å². The number of benzene rings is 1. The van der Waals surface area contributed by atoms with Crippen molar-refractivity contribution in [3.8, 4) is 0 Å². The molecule has 2 atom stereocenters. The molecule has 1 heterocycles. The summed E-state index contributed by atoms with van der Waals surface area (Å²) in [6.45, 7) is 3.91. The number of amides is 1. The first-order valence-corrected chi connectivity index (χ1v) is 8.76. The van der Waals surface area contributed by atoms with Gasteiger partial charge < -0.3 is 10.6 Å². The molecule has 0 aromatic heterocycles. The van der Waals surface area contributed by atoms with Crippen LogP contribution in [0.15, 0.2) is 30.3 Å². The highest BCUT2D eigenvalue weighted by Gasteiger charge is 2.33. The molecule has 1 aromatic rings. The predicted octanol–water partition coefficient (Wildman–Crippen LogP) is 3.38. The van der Waals surface area contributed by atoms with Gasteiger partial charge in [0, 0.05) is 19.0 Å². The van der Waals surface area contributed by atoms with Gasteiger partial charge in [-0.05, 0) is 50.6 Å². The van der Waals surface area contributed by atoms with Gasteiger partial charge in [-0.15, -0.1) is 0 Å². The van der Waals surface area contributed by atoms with Crippen LogP contribution in [-0.4, -0.2) is 29.9 Å². The van der Waals surface area contributed by atoms with E-state index in [1.54, 1.807) is 0 Å². The van der Waals surface area contributed by atoms with Gasteiger partial charge in [0.1, 0.15) is 0 Å². The second-order valence-corrected chi connectivity index (χ2v) is 6.52. The van der Waals surface area contributed by atoms with Crippen LogP contribution >= 0.6 is 0 Å². The summed E-state index contributed by atoms with van der Waals surface area (Å²) in [5.74, 6) is 0.944. The lowest BCUT2D eigenvalue weighted by atomic mass is 9.93. The maximum Gasteiger partial charge on any atom is 0.222 e. The maximum atomic E-state index is 12.4. The van der Waals surface area contributed by atoms with Crippen LogP contribution in [-0.2, 0) is 11.2 Å². The highest BCUT2D eigenvalue weighted by molar-refractivity contribution is 5.76. The van der Waals surface area contributed by atoms with Gasteiger partial charge in [0.2, 0.25) is 5.91 Å². The average Bonchev–Trinajstić information content (AvgIpc) is 2.89. The van der Waals surface area contributed by atoms with Crippen molar-refractivity contribution in [3.63, 3.8) is 0 Å². The van der Waals surface area contributed by atoms with Crippen LogP contribution in [0.3, 0.4) is 0 Å². The summed E-state index contributed by atoms with van der Waals surface area (Å²) >= 11 is 0. The molecule has 1 aliphatic rings. The van der Waals surface area contributed by atoms with E-state index < -0.39 is 0 Å². The van der Waals surface area contributed by atoms with E-state index in [1.807, 2.05) is 0 Å². The Morgan fingerprint density at radius 1 is 1.18 bits per heavy atom. The van der Waals surface area contributed by atoms with Gasteiger partial charge in [-0.3, -0.25) is 4.79 Å². The maximum absolute atomic E-state index is 12.4. The molecular weight excluding hydrogens is 272 g/mol. The van der Waals surface area contributed by atoms with Gasteiger partial charge in [0.05, 0.1) is 0 Å². The Hall–Kier alpha value is -1.35. The van der Waals surface area contributed by atoms with Crippen LogP contribution in [0.2, 0.25) is 0 Å². The van der Waals surface area contributed by atoms with Crippen LogP contribution < -0.4 is 5.73 Å². The van der Waals surface area contributed by atoms with Crippen molar-refractivity contribution in [1.82, 2.24) is 4.90 Å². The fraction of sp³-hybridized carbons (Fsp3) is 0.632. The molecule has 0 bridgehead atoms. The first-order chi connectivity index (χ1) is 10.7. The second kappa shape index (κ2) is 8.94. The number of carbonyl (C=O) groups excluding carboxylic acids is 1. The molecule has 0 spiro atoms. The van der Waals surface area contributed by atoms with Gasteiger partial charge in [0.15, 0.2) is 0 Å². The highest BCUT2D eigenvalue weighted by Crippen LogP contribution is 2.28. The summed E-state index contributed by atoms with van der Waals surface area (Å²) in [5.41, 5.74) is 6.88. The second-order valence-electron chi connectivity index (χ2n) is 6.52. The molecule has 1 aromatic carbocycles. The zero-order valence-corrected chi connectivity index (χ0v) is 13.8. The van der Waals surface area contributed by atoms with E-state index in [0.29, 0.717) is 24.3 Å². The topological polar surface area (TPSA) is 46.3 Å². The van der Waals surface area contributed by atoms with E-state index in [-0.39, 0.29) is 0 Å². The molecule has 3 heteroatoms. The largest absolute Gasteiger partial charge is 0.340 e. The first kappa shape index (κ1) is 17.0. The van der Waals surface area contributed by atoms with Gasteiger partial charge in [-0.2, -0.15) is 0 Å². The molecule has 122 valence electrons. The molecule has 1 fully saturated rings. The Balaban J connectivity index is 1.75. The molecule has 22 heavy (non-hydrogen) atoms. The van der Waals surface area contributed by atoms with Gasteiger partial charge in [-0.1, -0.05) is 43.2 Å². The van der Waals surface area contributed by atoms with Gasteiger partial charge >= 0.3 is 0 Å². The summed E-state index contributed by atoms with van der Waals surface area (Å²) in [5, 5.41) is 0. The van der Waals surface area contributed by atoms with Crippen molar-refractivity contribution in [1.29, 1.82) is 0 Å². The molecule has 0 aliphatic carbocycles. The molecule has 0 saturated carbocycles. The minimum atomic E-state index is 0.343. The molecule has 1 aliphatic heterocycles. The number of likely N-dealkylation sites (tertiary alicyclic amines) is 1. The van der Waals surface area contributed by atoms with Crippen LogP contribution in [0.25, 0.3) is 0 Å². The summed E-state index contributed by atoms with van der Waals surface area (Å²) < 4.78 is 0. The Bertz CT molecular complexity index is 446. The highest BCUT2D eigenvalue weighted by atomic mass is 16.2. The number of rotatable bonds is 8. The number of carbonyl (C=O) groups is 1. The standard InChI is InChI=1S/C19H30N2O/c1-16-18(15-17-9-5-4-6-10-17)12-14-21(16)19(22)11-7-2-3-8-13-20/h4-6,9-10,16,18H,2-3,7-8,11-15,20H2,1H3. The van der Waals surface area contributed by atoms with Crippen LogP contribution in [0.5, 0.6) is 0 Å². The van der Waals surface area contributed by atoms with Crippen LogP contribution in [0.4, 0.5) is 0 Å². The molecular formula is C19H30N2O.